The largest absolute Gasteiger partial charge is 0.505 e. The smallest absolute Gasteiger partial charge is 0.147 e. The molecule has 0 saturated carbocycles. The summed E-state index contributed by atoms with van der Waals surface area (Å²) in [4.78, 5) is 13.3. The summed E-state index contributed by atoms with van der Waals surface area (Å²) in [6, 6.07) is 18.8. The molecule has 0 aliphatic heterocycles. The fourth-order valence-corrected chi connectivity index (χ4v) is 3.01. The Morgan fingerprint density at radius 3 is 2.58 bits per heavy atom. The number of phenols is 1. The van der Waals surface area contributed by atoms with Crippen molar-refractivity contribution in [2.75, 3.05) is 5.32 Å². The van der Waals surface area contributed by atoms with E-state index in [-0.39, 0.29) is 11.8 Å². The van der Waals surface area contributed by atoms with Crippen molar-refractivity contribution in [1.29, 1.82) is 0 Å². The second-order valence-corrected chi connectivity index (χ2v) is 6.07. The minimum Gasteiger partial charge on any atom is -0.505 e. The third-order valence-electron chi connectivity index (χ3n) is 4.25. The number of aromatic hydroxyl groups is 1. The van der Waals surface area contributed by atoms with Gasteiger partial charge in [-0.1, -0.05) is 30.3 Å². The van der Waals surface area contributed by atoms with Gasteiger partial charge in [-0.3, -0.25) is 9.97 Å². The number of pyridine rings is 3. The Morgan fingerprint density at radius 1 is 0.885 bits per heavy atom. The standard InChI is InChI=1S/C21H18N4O/c1-14-6-4-8-17(24-14)20(25-18-9-2-3-12-22-18)16-11-10-15-7-5-13-23-19(15)21(16)26/h2-13,20,26H,1H3,(H,22,25)/t20-/m1/s1. The molecule has 1 aromatic carbocycles. The molecule has 0 spiro atoms. The van der Waals surface area contributed by atoms with Gasteiger partial charge < -0.3 is 10.4 Å². The molecule has 0 bridgehead atoms. The molecule has 0 saturated heterocycles. The lowest BCUT2D eigenvalue weighted by atomic mass is 9.99. The third-order valence-corrected chi connectivity index (χ3v) is 4.25. The fraction of sp³-hybridized carbons (Fsp3) is 0.0952. The van der Waals surface area contributed by atoms with Crippen LogP contribution < -0.4 is 5.32 Å². The van der Waals surface area contributed by atoms with Crippen LogP contribution in [0.5, 0.6) is 5.75 Å². The Hall–Kier alpha value is -3.47. The summed E-state index contributed by atoms with van der Waals surface area (Å²) in [7, 11) is 0. The summed E-state index contributed by atoms with van der Waals surface area (Å²) in [5.41, 5.74) is 3.00. The quantitative estimate of drug-likeness (QED) is 0.580. The van der Waals surface area contributed by atoms with E-state index in [1.165, 1.54) is 0 Å². The maximum absolute atomic E-state index is 10.9. The molecule has 128 valence electrons. The van der Waals surface area contributed by atoms with Crippen molar-refractivity contribution in [3.63, 3.8) is 0 Å². The zero-order valence-corrected chi connectivity index (χ0v) is 14.3. The van der Waals surface area contributed by atoms with Gasteiger partial charge in [-0.25, -0.2) is 4.98 Å². The van der Waals surface area contributed by atoms with Crippen molar-refractivity contribution in [2.24, 2.45) is 0 Å². The second kappa shape index (κ2) is 6.80. The summed E-state index contributed by atoms with van der Waals surface area (Å²) in [6.07, 6.45) is 3.41. The monoisotopic (exact) mass is 342 g/mol. The van der Waals surface area contributed by atoms with Crippen LogP contribution in [0.4, 0.5) is 5.82 Å². The first-order valence-corrected chi connectivity index (χ1v) is 8.40. The van der Waals surface area contributed by atoms with E-state index in [0.29, 0.717) is 16.9 Å². The van der Waals surface area contributed by atoms with E-state index in [1.54, 1.807) is 12.4 Å². The minimum absolute atomic E-state index is 0.153. The van der Waals surface area contributed by atoms with Crippen molar-refractivity contribution in [3.8, 4) is 5.75 Å². The van der Waals surface area contributed by atoms with Gasteiger partial charge >= 0.3 is 0 Å². The average molecular weight is 342 g/mol. The van der Waals surface area contributed by atoms with E-state index in [4.69, 9.17) is 0 Å². The predicted molar refractivity (Wildman–Crippen MR) is 102 cm³/mol. The molecule has 3 heterocycles. The molecule has 5 heteroatoms. The number of rotatable bonds is 4. The first kappa shape index (κ1) is 16.0. The molecule has 0 aliphatic carbocycles. The first-order valence-electron chi connectivity index (χ1n) is 8.40. The molecule has 1 atom stereocenters. The fourth-order valence-electron chi connectivity index (χ4n) is 3.01. The molecule has 0 fully saturated rings. The molecule has 4 rings (SSSR count). The van der Waals surface area contributed by atoms with Crippen LogP contribution in [-0.2, 0) is 0 Å². The zero-order valence-electron chi connectivity index (χ0n) is 14.3. The molecule has 0 aliphatic rings. The number of benzene rings is 1. The summed E-state index contributed by atoms with van der Waals surface area (Å²) in [5, 5.41) is 15.2. The third kappa shape index (κ3) is 3.07. The van der Waals surface area contributed by atoms with Crippen molar-refractivity contribution in [3.05, 3.63) is 90.0 Å². The number of anilines is 1. The number of nitrogens with zero attached hydrogens (tertiary/aromatic N) is 3. The van der Waals surface area contributed by atoms with Gasteiger partial charge in [0.25, 0.3) is 0 Å². The number of hydrogen-bond acceptors (Lipinski definition) is 5. The van der Waals surface area contributed by atoms with Crippen LogP contribution in [0.3, 0.4) is 0 Å². The van der Waals surface area contributed by atoms with Gasteiger partial charge in [0.15, 0.2) is 0 Å². The summed E-state index contributed by atoms with van der Waals surface area (Å²) < 4.78 is 0. The van der Waals surface area contributed by atoms with Gasteiger partial charge in [0, 0.05) is 29.0 Å². The summed E-state index contributed by atoms with van der Waals surface area (Å²) in [5.74, 6) is 0.862. The molecule has 5 nitrogen and oxygen atoms in total. The average Bonchev–Trinajstić information content (AvgIpc) is 2.68. The number of nitrogens with one attached hydrogen (secondary N) is 1. The maximum atomic E-state index is 10.9. The van der Waals surface area contributed by atoms with Crippen molar-refractivity contribution < 1.29 is 5.11 Å². The van der Waals surface area contributed by atoms with E-state index in [9.17, 15) is 5.11 Å². The molecule has 0 radical (unpaired) electrons. The SMILES string of the molecule is Cc1cccc([C@H](Nc2ccccn2)c2ccc3cccnc3c2O)n1. The maximum Gasteiger partial charge on any atom is 0.147 e. The van der Waals surface area contributed by atoms with Crippen LogP contribution in [0.2, 0.25) is 0 Å². The van der Waals surface area contributed by atoms with E-state index in [1.807, 2.05) is 67.6 Å². The highest BCUT2D eigenvalue weighted by atomic mass is 16.3. The normalized spacial score (nSPS) is 12.0. The second-order valence-electron chi connectivity index (χ2n) is 6.07. The Labute approximate surface area is 151 Å². The predicted octanol–water partition coefficient (Wildman–Crippen LogP) is 4.24. The first-order chi connectivity index (χ1) is 12.7. The van der Waals surface area contributed by atoms with Crippen LogP contribution in [0.1, 0.15) is 23.0 Å². The highest BCUT2D eigenvalue weighted by molar-refractivity contribution is 5.85. The van der Waals surface area contributed by atoms with E-state index in [2.05, 4.69) is 20.3 Å². The zero-order chi connectivity index (χ0) is 17.9. The van der Waals surface area contributed by atoms with Crippen LogP contribution in [-0.4, -0.2) is 20.1 Å². The highest BCUT2D eigenvalue weighted by Gasteiger charge is 2.21. The number of aryl methyl sites for hydroxylation is 1. The Bertz CT molecular complexity index is 1050. The van der Waals surface area contributed by atoms with Crippen LogP contribution in [0, 0.1) is 6.92 Å². The van der Waals surface area contributed by atoms with Crippen LogP contribution in [0.25, 0.3) is 10.9 Å². The lowest BCUT2D eigenvalue weighted by Crippen LogP contribution is -2.15. The highest BCUT2D eigenvalue weighted by Crippen LogP contribution is 2.35. The van der Waals surface area contributed by atoms with Gasteiger partial charge in [0.1, 0.15) is 17.1 Å². The van der Waals surface area contributed by atoms with Crippen LogP contribution in [0.15, 0.2) is 73.1 Å². The van der Waals surface area contributed by atoms with Gasteiger partial charge in [0.2, 0.25) is 0 Å². The number of fused-ring (bicyclic) bond motifs is 1. The molecule has 0 amide bonds. The molecule has 2 N–H and O–H groups in total. The summed E-state index contributed by atoms with van der Waals surface area (Å²) >= 11 is 0. The number of hydrogen-bond donors (Lipinski definition) is 2. The molecule has 3 aromatic heterocycles. The van der Waals surface area contributed by atoms with Crippen LogP contribution >= 0.6 is 0 Å². The molecule has 0 unspecified atom stereocenters. The number of phenolic OH excluding ortho intramolecular Hbond substituents is 1. The lowest BCUT2D eigenvalue weighted by Gasteiger charge is -2.21. The lowest BCUT2D eigenvalue weighted by molar-refractivity contribution is 0.471. The van der Waals surface area contributed by atoms with Gasteiger partial charge in [0.05, 0.1) is 11.7 Å². The van der Waals surface area contributed by atoms with E-state index >= 15 is 0 Å². The molecule has 4 aromatic rings. The summed E-state index contributed by atoms with van der Waals surface area (Å²) in [6.45, 7) is 1.95. The van der Waals surface area contributed by atoms with Gasteiger partial charge in [-0.05, 0) is 37.3 Å². The molecular weight excluding hydrogens is 324 g/mol. The molecule has 26 heavy (non-hydrogen) atoms. The Kier molecular flexibility index (Phi) is 4.19. The topological polar surface area (TPSA) is 70.9 Å². The van der Waals surface area contributed by atoms with E-state index < -0.39 is 0 Å². The number of aromatic nitrogens is 3. The minimum atomic E-state index is -0.351. The Balaban J connectivity index is 1.86. The van der Waals surface area contributed by atoms with Gasteiger partial charge in [-0.2, -0.15) is 0 Å². The Morgan fingerprint density at radius 2 is 1.77 bits per heavy atom. The van der Waals surface area contributed by atoms with Crippen molar-refractivity contribution >= 4 is 16.7 Å². The van der Waals surface area contributed by atoms with E-state index in [0.717, 1.165) is 16.8 Å². The van der Waals surface area contributed by atoms with Crippen molar-refractivity contribution in [1.82, 2.24) is 15.0 Å². The van der Waals surface area contributed by atoms with Crippen molar-refractivity contribution in [2.45, 2.75) is 13.0 Å². The van der Waals surface area contributed by atoms with Gasteiger partial charge in [-0.15, -0.1) is 0 Å². The molecular formula is C21H18N4O.